The Labute approximate surface area is 168 Å². The first-order valence-electron chi connectivity index (χ1n) is 8.97. The summed E-state index contributed by atoms with van der Waals surface area (Å²) in [6.07, 6.45) is 4.58. The molecule has 1 aliphatic rings. The third-order valence-corrected chi connectivity index (χ3v) is 6.48. The van der Waals surface area contributed by atoms with Crippen LogP contribution in [0, 0.1) is 0 Å². The van der Waals surface area contributed by atoms with Gasteiger partial charge in [0, 0.05) is 16.1 Å². The first kappa shape index (κ1) is 20.1. The lowest BCUT2D eigenvalue weighted by atomic mass is 9.80. The topological polar surface area (TPSA) is 63.8 Å². The van der Waals surface area contributed by atoms with Crippen LogP contribution in [0.25, 0.3) is 0 Å². The number of aromatic nitrogens is 1. The predicted molar refractivity (Wildman–Crippen MR) is 108 cm³/mol. The van der Waals surface area contributed by atoms with Gasteiger partial charge in [0.05, 0.1) is 24.8 Å². The fraction of sp³-hybridized carbons (Fsp3) is 0.500. The van der Waals surface area contributed by atoms with Gasteiger partial charge in [-0.1, -0.05) is 32.4 Å². The summed E-state index contributed by atoms with van der Waals surface area (Å²) in [6, 6.07) is 4.89. The average Bonchev–Trinajstić information content (AvgIpc) is 2.96. The Balaban J connectivity index is 2.05. The number of thiazole rings is 1. The zero-order chi connectivity index (χ0) is 19.8. The summed E-state index contributed by atoms with van der Waals surface area (Å²) in [6.45, 7) is 6.80. The fourth-order valence-corrected chi connectivity index (χ4v) is 4.20. The van der Waals surface area contributed by atoms with Gasteiger partial charge in [0.1, 0.15) is 5.75 Å². The molecule has 1 aromatic carbocycles. The molecule has 1 saturated carbocycles. The lowest BCUT2D eigenvalue weighted by molar-refractivity contribution is -0.0478. The van der Waals surface area contributed by atoms with E-state index >= 15 is 0 Å². The molecule has 0 spiro atoms. The van der Waals surface area contributed by atoms with Gasteiger partial charge in [-0.3, -0.25) is 4.79 Å². The minimum absolute atomic E-state index is 0.0702. The first-order valence-corrected chi connectivity index (χ1v) is 10.2. The van der Waals surface area contributed by atoms with Crippen LogP contribution in [0.5, 0.6) is 5.75 Å². The Kier molecular flexibility index (Phi) is 5.52. The molecular weight excluding hydrogens is 384 g/mol. The second-order valence-corrected chi connectivity index (χ2v) is 9.54. The van der Waals surface area contributed by atoms with Gasteiger partial charge in [0.25, 0.3) is 5.91 Å². The van der Waals surface area contributed by atoms with Gasteiger partial charge in [-0.05, 0) is 42.9 Å². The van der Waals surface area contributed by atoms with Crippen LogP contribution < -0.4 is 9.54 Å². The largest absolute Gasteiger partial charge is 0.496 e. The number of methoxy groups -OCH3 is 1. The molecule has 146 valence electrons. The van der Waals surface area contributed by atoms with Crippen molar-refractivity contribution in [3.63, 3.8) is 0 Å². The van der Waals surface area contributed by atoms with E-state index < -0.39 is 11.5 Å². The molecule has 1 heterocycles. The summed E-state index contributed by atoms with van der Waals surface area (Å²) in [4.78, 5) is 18.9. The number of benzene rings is 1. The lowest BCUT2D eigenvalue weighted by Gasteiger charge is -2.36. The predicted octanol–water partition coefficient (Wildman–Crippen LogP) is 4.17. The van der Waals surface area contributed by atoms with E-state index in [1.165, 1.54) is 18.4 Å². The van der Waals surface area contributed by atoms with Crippen molar-refractivity contribution < 1.29 is 14.6 Å². The van der Waals surface area contributed by atoms with Gasteiger partial charge >= 0.3 is 0 Å². The maximum Gasteiger partial charge on any atom is 0.283 e. The van der Waals surface area contributed by atoms with Crippen LogP contribution in [-0.4, -0.2) is 28.3 Å². The molecule has 0 atom stereocenters. The van der Waals surface area contributed by atoms with Crippen LogP contribution >= 0.6 is 22.9 Å². The lowest BCUT2D eigenvalue weighted by Crippen LogP contribution is -2.42. The third kappa shape index (κ3) is 4.45. The summed E-state index contributed by atoms with van der Waals surface area (Å²) < 4.78 is 7.18. The number of hydrogen-bond acceptors (Lipinski definition) is 4. The number of aliphatic hydroxyl groups is 1. The minimum atomic E-state index is -0.706. The van der Waals surface area contributed by atoms with Crippen molar-refractivity contribution in [3.8, 4) is 5.75 Å². The van der Waals surface area contributed by atoms with Crippen LogP contribution in [0.2, 0.25) is 5.02 Å². The molecule has 0 radical (unpaired) electrons. The highest BCUT2D eigenvalue weighted by Crippen LogP contribution is 2.34. The van der Waals surface area contributed by atoms with E-state index in [0.717, 1.165) is 24.1 Å². The number of carbonyl (C=O) groups is 1. The summed E-state index contributed by atoms with van der Waals surface area (Å²) in [5, 5.41) is 11.0. The Hall–Kier alpha value is -1.63. The van der Waals surface area contributed by atoms with Gasteiger partial charge < -0.3 is 14.4 Å². The molecule has 2 aromatic rings. The fourth-order valence-electron chi connectivity index (χ4n) is 2.98. The number of carbonyl (C=O) groups excluding carboxylic acids is 1. The second-order valence-electron chi connectivity index (χ2n) is 8.10. The molecular formula is C20H25ClN2O3S. The highest BCUT2D eigenvalue weighted by molar-refractivity contribution is 7.09. The normalized spacial score (nSPS) is 16.9. The Morgan fingerprint density at radius 2 is 2.11 bits per heavy atom. The zero-order valence-corrected chi connectivity index (χ0v) is 17.7. The van der Waals surface area contributed by atoms with Gasteiger partial charge in [-0.25, -0.2) is 0 Å². The van der Waals surface area contributed by atoms with Crippen LogP contribution in [0.1, 0.15) is 55.3 Å². The molecule has 1 aromatic heterocycles. The minimum Gasteiger partial charge on any atom is -0.496 e. The van der Waals surface area contributed by atoms with E-state index in [1.54, 1.807) is 18.2 Å². The number of hydrogen-bond donors (Lipinski definition) is 1. The summed E-state index contributed by atoms with van der Waals surface area (Å²) in [5.41, 5.74) is -0.453. The molecule has 7 heteroatoms. The third-order valence-electron chi connectivity index (χ3n) is 4.80. The molecule has 0 aliphatic heterocycles. The van der Waals surface area contributed by atoms with Crippen molar-refractivity contribution in [2.24, 2.45) is 4.99 Å². The SMILES string of the molecule is COc1ccc(Cl)cc1C(=O)N=c1sc(C(C)(C)C)cn1CC1(O)CCC1. The van der Waals surface area contributed by atoms with E-state index in [1.807, 2.05) is 10.8 Å². The number of nitrogens with zero attached hydrogens (tertiary/aromatic N) is 2. The number of amides is 1. The van der Waals surface area contributed by atoms with Crippen molar-refractivity contribution >= 4 is 28.8 Å². The molecule has 0 unspecified atom stereocenters. The molecule has 5 nitrogen and oxygen atoms in total. The van der Waals surface area contributed by atoms with Gasteiger partial charge in [0.15, 0.2) is 4.80 Å². The Morgan fingerprint density at radius 1 is 1.41 bits per heavy atom. The van der Waals surface area contributed by atoms with E-state index in [2.05, 4.69) is 25.8 Å². The average molecular weight is 409 g/mol. The van der Waals surface area contributed by atoms with Gasteiger partial charge in [-0.2, -0.15) is 4.99 Å². The molecule has 1 aliphatic carbocycles. The summed E-state index contributed by atoms with van der Waals surface area (Å²) >= 11 is 7.52. The Morgan fingerprint density at radius 3 is 2.67 bits per heavy atom. The number of rotatable bonds is 4. The van der Waals surface area contributed by atoms with E-state index in [4.69, 9.17) is 16.3 Å². The maximum absolute atomic E-state index is 12.8. The zero-order valence-electron chi connectivity index (χ0n) is 16.1. The van der Waals surface area contributed by atoms with Crippen molar-refractivity contribution in [2.75, 3.05) is 7.11 Å². The molecule has 0 bridgehead atoms. The van der Waals surface area contributed by atoms with Crippen molar-refractivity contribution in [1.29, 1.82) is 0 Å². The van der Waals surface area contributed by atoms with Crippen molar-refractivity contribution in [1.82, 2.24) is 4.57 Å². The van der Waals surface area contributed by atoms with Gasteiger partial charge in [0.2, 0.25) is 0 Å². The molecule has 1 N–H and O–H groups in total. The molecule has 1 amide bonds. The van der Waals surface area contributed by atoms with Crippen LogP contribution in [0.3, 0.4) is 0 Å². The van der Waals surface area contributed by atoms with Crippen LogP contribution in [-0.2, 0) is 12.0 Å². The molecule has 27 heavy (non-hydrogen) atoms. The van der Waals surface area contributed by atoms with Crippen molar-refractivity contribution in [2.45, 2.75) is 57.6 Å². The molecule has 1 fully saturated rings. The quantitative estimate of drug-likeness (QED) is 0.825. The van der Waals surface area contributed by atoms with E-state index in [-0.39, 0.29) is 5.41 Å². The highest BCUT2D eigenvalue weighted by Gasteiger charge is 2.35. The van der Waals surface area contributed by atoms with E-state index in [0.29, 0.717) is 27.7 Å². The second kappa shape index (κ2) is 7.41. The number of halogens is 1. The van der Waals surface area contributed by atoms with Gasteiger partial charge in [-0.15, -0.1) is 11.3 Å². The summed E-state index contributed by atoms with van der Waals surface area (Å²) in [5.74, 6) is 0.0240. The maximum atomic E-state index is 12.8. The first-order chi connectivity index (χ1) is 12.6. The smallest absolute Gasteiger partial charge is 0.283 e. The van der Waals surface area contributed by atoms with Crippen LogP contribution in [0.4, 0.5) is 0 Å². The summed E-state index contributed by atoms with van der Waals surface area (Å²) in [7, 11) is 1.51. The Bertz CT molecular complexity index is 920. The molecule has 3 rings (SSSR count). The highest BCUT2D eigenvalue weighted by atomic mass is 35.5. The molecule has 0 saturated heterocycles. The van der Waals surface area contributed by atoms with Crippen LogP contribution in [0.15, 0.2) is 29.4 Å². The standard InChI is InChI=1S/C20H25ClN2O3S/c1-19(2,3)16-11-23(12-20(25)8-5-9-20)18(27-16)22-17(24)14-10-13(21)6-7-15(14)26-4/h6-7,10-11,25H,5,8-9,12H2,1-4H3. The van der Waals surface area contributed by atoms with E-state index in [9.17, 15) is 9.90 Å². The van der Waals surface area contributed by atoms with Crippen molar-refractivity contribution in [3.05, 3.63) is 44.7 Å². The number of ether oxygens (including phenoxy) is 1. The monoisotopic (exact) mass is 408 g/mol.